The van der Waals surface area contributed by atoms with Crippen molar-refractivity contribution in [2.45, 2.75) is 25.3 Å². The van der Waals surface area contributed by atoms with Crippen LogP contribution in [0.4, 0.5) is 0 Å². The number of hydrogen-bond acceptors (Lipinski definition) is 5. The van der Waals surface area contributed by atoms with Gasteiger partial charge in [-0.15, -0.1) is 0 Å². The second-order valence-electron chi connectivity index (χ2n) is 6.66. The quantitative estimate of drug-likeness (QED) is 0.671. The summed E-state index contributed by atoms with van der Waals surface area (Å²) in [6.45, 7) is 0. The average molecular weight is 365 g/mol. The van der Waals surface area contributed by atoms with Crippen molar-refractivity contribution in [2.75, 3.05) is 21.3 Å². The molecule has 3 aromatic rings. The van der Waals surface area contributed by atoms with Gasteiger partial charge in [-0.2, -0.15) is 5.10 Å². The minimum Gasteiger partial charge on any atom is -0.493 e. The summed E-state index contributed by atoms with van der Waals surface area (Å²) in [4.78, 5) is 4.51. The SMILES string of the molecule is COc1cc(Cc2ncnn2C2Cc3ccccc3C2)cc(OC)c1OC. The molecule has 0 unspecified atom stereocenters. The molecule has 0 saturated carbocycles. The van der Waals surface area contributed by atoms with Crippen LogP contribution in [-0.4, -0.2) is 36.1 Å². The van der Waals surface area contributed by atoms with Crippen LogP contribution in [0.2, 0.25) is 0 Å². The highest BCUT2D eigenvalue weighted by molar-refractivity contribution is 5.54. The molecule has 140 valence electrons. The number of ether oxygens (including phenoxy) is 3. The zero-order valence-electron chi connectivity index (χ0n) is 15.8. The van der Waals surface area contributed by atoms with Crippen LogP contribution in [0.25, 0.3) is 0 Å². The largest absolute Gasteiger partial charge is 0.493 e. The van der Waals surface area contributed by atoms with E-state index in [9.17, 15) is 0 Å². The Balaban J connectivity index is 1.61. The van der Waals surface area contributed by atoms with Gasteiger partial charge in [-0.1, -0.05) is 24.3 Å². The molecule has 0 aliphatic heterocycles. The van der Waals surface area contributed by atoms with E-state index in [1.807, 2.05) is 12.1 Å². The fourth-order valence-electron chi connectivity index (χ4n) is 3.83. The highest BCUT2D eigenvalue weighted by atomic mass is 16.5. The van der Waals surface area contributed by atoms with Crippen LogP contribution < -0.4 is 14.2 Å². The molecule has 0 atom stereocenters. The van der Waals surface area contributed by atoms with Crippen molar-refractivity contribution < 1.29 is 14.2 Å². The third kappa shape index (κ3) is 3.23. The van der Waals surface area contributed by atoms with Crippen LogP contribution in [0.15, 0.2) is 42.7 Å². The first-order chi connectivity index (χ1) is 13.2. The number of nitrogens with zero attached hydrogens (tertiary/aromatic N) is 3. The second-order valence-corrected chi connectivity index (χ2v) is 6.66. The molecular weight excluding hydrogens is 342 g/mol. The van der Waals surface area contributed by atoms with Gasteiger partial charge in [0.05, 0.1) is 27.4 Å². The molecule has 1 aliphatic rings. The van der Waals surface area contributed by atoms with E-state index in [0.29, 0.717) is 29.7 Å². The number of benzene rings is 2. The molecule has 0 fully saturated rings. The van der Waals surface area contributed by atoms with Crippen LogP contribution in [0.3, 0.4) is 0 Å². The van der Waals surface area contributed by atoms with Gasteiger partial charge in [-0.3, -0.25) is 0 Å². The molecule has 1 aliphatic carbocycles. The molecule has 6 nitrogen and oxygen atoms in total. The Morgan fingerprint density at radius 2 is 1.59 bits per heavy atom. The van der Waals surface area contributed by atoms with E-state index in [1.54, 1.807) is 27.7 Å². The smallest absolute Gasteiger partial charge is 0.203 e. The third-order valence-electron chi connectivity index (χ3n) is 5.11. The summed E-state index contributed by atoms with van der Waals surface area (Å²) in [5.41, 5.74) is 3.84. The van der Waals surface area contributed by atoms with Gasteiger partial charge >= 0.3 is 0 Å². The molecule has 2 aromatic carbocycles. The number of fused-ring (bicyclic) bond motifs is 1. The Bertz CT molecular complexity index is 901. The molecule has 27 heavy (non-hydrogen) atoms. The Labute approximate surface area is 158 Å². The minimum atomic E-state index is 0.307. The third-order valence-corrected chi connectivity index (χ3v) is 5.11. The highest BCUT2D eigenvalue weighted by Gasteiger charge is 2.25. The Hall–Kier alpha value is -3.02. The number of rotatable bonds is 6. The summed E-state index contributed by atoms with van der Waals surface area (Å²) in [5.74, 6) is 2.82. The Morgan fingerprint density at radius 3 is 2.15 bits per heavy atom. The van der Waals surface area contributed by atoms with Gasteiger partial charge in [0, 0.05) is 6.42 Å². The van der Waals surface area contributed by atoms with Gasteiger partial charge in [0.15, 0.2) is 11.5 Å². The van der Waals surface area contributed by atoms with Crippen molar-refractivity contribution >= 4 is 0 Å². The summed E-state index contributed by atoms with van der Waals surface area (Å²) in [5, 5.41) is 4.51. The van der Waals surface area contributed by atoms with Crippen molar-refractivity contribution in [3.63, 3.8) is 0 Å². The molecule has 4 rings (SSSR count). The zero-order valence-corrected chi connectivity index (χ0v) is 15.8. The maximum atomic E-state index is 5.46. The molecule has 0 bridgehead atoms. The fourth-order valence-corrected chi connectivity index (χ4v) is 3.83. The summed E-state index contributed by atoms with van der Waals surface area (Å²) >= 11 is 0. The highest BCUT2D eigenvalue weighted by Crippen LogP contribution is 2.39. The lowest BCUT2D eigenvalue weighted by Crippen LogP contribution is -2.14. The molecule has 6 heteroatoms. The van der Waals surface area contributed by atoms with Gasteiger partial charge in [0.2, 0.25) is 5.75 Å². The standard InChI is InChI=1S/C21H23N3O3/c1-25-18-8-14(9-19(26-2)21(18)27-3)10-20-22-13-23-24(20)17-11-15-6-4-5-7-16(15)12-17/h4-9,13,17H,10-12H2,1-3H3. The van der Waals surface area contributed by atoms with E-state index in [4.69, 9.17) is 14.2 Å². The number of methoxy groups -OCH3 is 3. The fraction of sp³-hybridized carbons (Fsp3) is 0.333. The van der Waals surface area contributed by atoms with Crippen molar-refractivity contribution in [3.05, 3.63) is 65.2 Å². The van der Waals surface area contributed by atoms with Gasteiger partial charge in [-0.25, -0.2) is 9.67 Å². The van der Waals surface area contributed by atoms with Gasteiger partial charge < -0.3 is 14.2 Å². The molecule has 0 spiro atoms. The van der Waals surface area contributed by atoms with Crippen molar-refractivity contribution in [3.8, 4) is 17.2 Å². The first-order valence-corrected chi connectivity index (χ1v) is 8.97. The van der Waals surface area contributed by atoms with Crippen molar-refractivity contribution in [1.82, 2.24) is 14.8 Å². The molecule has 0 N–H and O–H groups in total. The lowest BCUT2D eigenvalue weighted by atomic mass is 10.1. The Morgan fingerprint density at radius 1 is 0.963 bits per heavy atom. The number of hydrogen-bond donors (Lipinski definition) is 0. The lowest BCUT2D eigenvalue weighted by Gasteiger charge is -2.16. The minimum absolute atomic E-state index is 0.307. The predicted octanol–water partition coefficient (Wildman–Crippen LogP) is 3.23. The molecule has 1 aromatic heterocycles. The van der Waals surface area contributed by atoms with E-state index >= 15 is 0 Å². The van der Waals surface area contributed by atoms with Gasteiger partial charge in [0.1, 0.15) is 12.2 Å². The summed E-state index contributed by atoms with van der Waals surface area (Å²) in [6, 6.07) is 12.8. The Kier molecular flexibility index (Phi) is 4.71. The predicted molar refractivity (Wildman–Crippen MR) is 102 cm³/mol. The van der Waals surface area contributed by atoms with E-state index in [-0.39, 0.29) is 0 Å². The van der Waals surface area contributed by atoms with Crippen LogP contribution in [-0.2, 0) is 19.3 Å². The average Bonchev–Trinajstić information content (AvgIpc) is 3.33. The normalized spacial score (nSPS) is 13.4. The monoisotopic (exact) mass is 365 g/mol. The van der Waals surface area contributed by atoms with E-state index < -0.39 is 0 Å². The van der Waals surface area contributed by atoms with Crippen molar-refractivity contribution in [1.29, 1.82) is 0 Å². The van der Waals surface area contributed by atoms with E-state index in [0.717, 1.165) is 24.2 Å². The molecule has 0 amide bonds. The van der Waals surface area contributed by atoms with Crippen LogP contribution in [0.1, 0.15) is 28.6 Å². The summed E-state index contributed by atoms with van der Waals surface area (Å²) < 4.78 is 18.4. The van der Waals surface area contributed by atoms with E-state index in [2.05, 4.69) is 39.0 Å². The van der Waals surface area contributed by atoms with Crippen LogP contribution in [0.5, 0.6) is 17.2 Å². The van der Waals surface area contributed by atoms with Crippen molar-refractivity contribution in [2.24, 2.45) is 0 Å². The lowest BCUT2D eigenvalue weighted by molar-refractivity contribution is 0.324. The molecule has 1 heterocycles. The topological polar surface area (TPSA) is 58.4 Å². The van der Waals surface area contributed by atoms with Gasteiger partial charge in [-0.05, 0) is 41.7 Å². The summed E-state index contributed by atoms with van der Waals surface area (Å²) in [7, 11) is 4.85. The molecular formula is C21H23N3O3. The molecule has 0 saturated heterocycles. The molecule has 0 radical (unpaired) electrons. The second kappa shape index (κ2) is 7.31. The zero-order chi connectivity index (χ0) is 18.8. The summed E-state index contributed by atoms with van der Waals surface area (Å²) in [6.07, 6.45) is 4.25. The first kappa shape index (κ1) is 17.4. The van der Waals surface area contributed by atoms with Crippen LogP contribution in [0, 0.1) is 0 Å². The number of aromatic nitrogens is 3. The maximum absolute atomic E-state index is 5.46. The maximum Gasteiger partial charge on any atom is 0.203 e. The van der Waals surface area contributed by atoms with E-state index in [1.165, 1.54) is 11.1 Å². The first-order valence-electron chi connectivity index (χ1n) is 8.97. The van der Waals surface area contributed by atoms with Crippen LogP contribution >= 0.6 is 0 Å². The van der Waals surface area contributed by atoms with Gasteiger partial charge in [0.25, 0.3) is 0 Å².